The summed E-state index contributed by atoms with van der Waals surface area (Å²) in [5, 5.41) is 4.87. The number of rotatable bonds is 6. The zero-order valence-electron chi connectivity index (χ0n) is 17.2. The number of carbonyl (C=O) groups is 1. The summed E-state index contributed by atoms with van der Waals surface area (Å²) in [6, 6.07) is 8.30. The van der Waals surface area contributed by atoms with Crippen molar-refractivity contribution in [2.24, 2.45) is 0 Å². The summed E-state index contributed by atoms with van der Waals surface area (Å²) in [5.74, 6) is -0.000341. The van der Waals surface area contributed by atoms with Crippen molar-refractivity contribution in [2.75, 3.05) is 13.2 Å². The largest absolute Gasteiger partial charge is 0.372 e. The minimum Gasteiger partial charge on any atom is -0.372 e. The Morgan fingerprint density at radius 2 is 2.10 bits per heavy atom. The van der Waals surface area contributed by atoms with E-state index in [0.717, 1.165) is 28.2 Å². The van der Waals surface area contributed by atoms with Gasteiger partial charge in [-0.3, -0.25) is 14.5 Å². The normalized spacial score (nSPS) is 13.3. The van der Waals surface area contributed by atoms with Crippen LogP contribution in [-0.2, 0) is 29.2 Å². The molecule has 4 heterocycles. The van der Waals surface area contributed by atoms with Gasteiger partial charge in [0.2, 0.25) is 5.91 Å². The van der Waals surface area contributed by atoms with E-state index in [2.05, 4.69) is 35.7 Å². The average Bonchev–Trinajstić information content (AvgIpc) is 3.27. The third kappa shape index (κ3) is 3.96. The number of ether oxygens (including phenoxy) is 1. The summed E-state index contributed by atoms with van der Waals surface area (Å²) < 4.78 is 9.52. The van der Waals surface area contributed by atoms with Crippen molar-refractivity contribution >= 4 is 5.91 Å². The molecule has 0 saturated heterocycles. The average molecular weight is 393 g/mol. The lowest BCUT2D eigenvalue weighted by Gasteiger charge is -2.23. The Bertz CT molecular complexity index is 990. The number of pyridine rings is 1. The molecule has 1 aliphatic rings. The minimum atomic E-state index is -0.000341. The number of amides is 1. The molecule has 1 amide bonds. The molecule has 1 aliphatic heterocycles. The van der Waals surface area contributed by atoms with Gasteiger partial charge in [0.05, 0.1) is 24.5 Å². The summed E-state index contributed by atoms with van der Waals surface area (Å²) in [6.45, 7) is 8.51. The molecule has 3 aromatic rings. The Morgan fingerprint density at radius 3 is 2.83 bits per heavy atom. The summed E-state index contributed by atoms with van der Waals surface area (Å²) >= 11 is 0. The molecular formula is C22H27N5O2. The summed E-state index contributed by atoms with van der Waals surface area (Å²) in [7, 11) is 0. The summed E-state index contributed by atoms with van der Waals surface area (Å²) in [5.41, 5.74) is 5.16. The molecule has 0 bridgehead atoms. The zero-order chi connectivity index (χ0) is 20.4. The second-order valence-corrected chi connectivity index (χ2v) is 7.59. The second-order valence-electron chi connectivity index (χ2n) is 7.59. The fourth-order valence-corrected chi connectivity index (χ4v) is 3.79. The molecule has 0 aliphatic carbocycles. The molecule has 4 rings (SSSR count). The Morgan fingerprint density at radius 1 is 1.24 bits per heavy atom. The topological polar surface area (TPSA) is 65.2 Å². The first-order valence-corrected chi connectivity index (χ1v) is 10.1. The smallest absolute Gasteiger partial charge is 0.249 e. The lowest BCUT2D eigenvalue weighted by molar-refractivity contribution is -0.137. The quantitative estimate of drug-likeness (QED) is 0.645. The number of nitrogens with zero attached hydrogens (tertiary/aromatic N) is 5. The number of hydrogen-bond acceptors (Lipinski definition) is 4. The molecule has 0 unspecified atom stereocenters. The van der Waals surface area contributed by atoms with Gasteiger partial charge in [0.1, 0.15) is 6.61 Å². The third-order valence-electron chi connectivity index (χ3n) is 5.21. The van der Waals surface area contributed by atoms with Gasteiger partial charge in [0, 0.05) is 54.6 Å². The molecule has 0 atom stereocenters. The Kier molecular flexibility index (Phi) is 5.49. The summed E-state index contributed by atoms with van der Waals surface area (Å²) in [4.78, 5) is 19.1. The van der Waals surface area contributed by atoms with Crippen molar-refractivity contribution in [3.8, 4) is 11.3 Å². The van der Waals surface area contributed by atoms with E-state index in [9.17, 15) is 4.79 Å². The van der Waals surface area contributed by atoms with Crippen molar-refractivity contribution in [3.63, 3.8) is 0 Å². The Labute approximate surface area is 170 Å². The van der Waals surface area contributed by atoms with Gasteiger partial charge < -0.3 is 14.2 Å². The SMILES string of the molecule is CCOCC(=O)N1Cc2cn(Cc3ccccn3)nc2-c2ccn(C(C)C)c2C1. The molecular weight excluding hydrogens is 366 g/mol. The molecule has 29 heavy (non-hydrogen) atoms. The standard InChI is InChI=1S/C22H27N5O2/c1-4-29-15-21(28)25-11-17-12-26(13-18-7-5-6-9-23-18)24-22(17)19-8-10-27(16(2)3)20(19)14-25/h5-10,12,16H,4,11,13-15H2,1-3H3. The van der Waals surface area contributed by atoms with Gasteiger partial charge in [-0.1, -0.05) is 6.07 Å². The first kappa shape index (κ1) is 19.4. The lowest BCUT2D eigenvalue weighted by atomic mass is 10.1. The fraction of sp³-hybridized carbons (Fsp3) is 0.409. The van der Waals surface area contributed by atoms with E-state index < -0.39 is 0 Å². The van der Waals surface area contributed by atoms with E-state index in [1.54, 1.807) is 6.20 Å². The van der Waals surface area contributed by atoms with Gasteiger partial charge in [-0.15, -0.1) is 0 Å². The number of aromatic nitrogens is 4. The van der Waals surface area contributed by atoms with Crippen LogP contribution in [0, 0.1) is 0 Å². The van der Waals surface area contributed by atoms with E-state index in [1.807, 2.05) is 40.9 Å². The van der Waals surface area contributed by atoms with E-state index in [4.69, 9.17) is 9.84 Å². The van der Waals surface area contributed by atoms with E-state index >= 15 is 0 Å². The van der Waals surface area contributed by atoms with Crippen molar-refractivity contribution in [1.82, 2.24) is 24.2 Å². The number of carbonyl (C=O) groups excluding carboxylic acids is 1. The molecule has 3 aromatic heterocycles. The highest BCUT2D eigenvalue weighted by Gasteiger charge is 2.28. The van der Waals surface area contributed by atoms with Crippen LogP contribution in [-0.4, -0.2) is 43.4 Å². The highest BCUT2D eigenvalue weighted by molar-refractivity contribution is 5.79. The van der Waals surface area contributed by atoms with Crippen LogP contribution in [0.4, 0.5) is 0 Å². The van der Waals surface area contributed by atoms with E-state index in [-0.39, 0.29) is 12.5 Å². The highest BCUT2D eigenvalue weighted by Crippen LogP contribution is 2.34. The first-order chi connectivity index (χ1) is 14.1. The predicted molar refractivity (Wildman–Crippen MR) is 110 cm³/mol. The highest BCUT2D eigenvalue weighted by atomic mass is 16.5. The maximum atomic E-state index is 12.8. The van der Waals surface area contributed by atoms with Crippen LogP contribution in [0.1, 0.15) is 43.8 Å². The van der Waals surface area contributed by atoms with Gasteiger partial charge in [0.15, 0.2) is 0 Å². The zero-order valence-corrected chi connectivity index (χ0v) is 17.2. The molecule has 0 saturated carbocycles. The van der Waals surface area contributed by atoms with E-state index in [1.165, 1.54) is 0 Å². The van der Waals surface area contributed by atoms with Gasteiger partial charge >= 0.3 is 0 Å². The van der Waals surface area contributed by atoms with Crippen LogP contribution in [0.2, 0.25) is 0 Å². The molecule has 0 N–H and O–H groups in total. The van der Waals surface area contributed by atoms with Crippen molar-refractivity contribution in [3.05, 3.63) is 59.8 Å². The monoisotopic (exact) mass is 393 g/mol. The molecule has 0 radical (unpaired) electrons. The third-order valence-corrected chi connectivity index (χ3v) is 5.21. The lowest BCUT2D eigenvalue weighted by Crippen LogP contribution is -2.33. The van der Waals surface area contributed by atoms with E-state index in [0.29, 0.717) is 32.3 Å². The van der Waals surface area contributed by atoms with Crippen molar-refractivity contribution in [2.45, 2.75) is 46.4 Å². The molecule has 7 heteroatoms. The van der Waals surface area contributed by atoms with Crippen LogP contribution in [0.5, 0.6) is 0 Å². The molecule has 7 nitrogen and oxygen atoms in total. The number of hydrogen-bond donors (Lipinski definition) is 0. The van der Waals surface area contributed by atoms with Gasteiger partial charge in [0.25, 0.3) is 0 Å². The van der Waals surface area contributed by atoms with Gasteiger partial charge in [-0.25, -0.2) is 0 Å². The molecule has 152 valence electrons. The molecule has 0 spiro atoms. The van der Waals surface area contributed by atoms with Crippen molar-refractivity contribution < 1.29 is 9.53 Å². The molecule has 0 fully saturated rings. The van der Waals surface area contributed by atoms with Gasteiger partial charge in [-0.2, -0.15) is 5.10 Å². The van der Waals surface area contributed by atoms with Crippen LogP contribution in [0.15, 0.2) is 42.9 Å². The second kappa shape index (κ2) is 8.21. The maximum absolute atomic E-state index is 12.8. The first-order valence-electron chi connectivity index (χ1n) is 10.1. The van der Waals surface area contributed by atoms with Crippen molar-refractivity contribution in [1.29, 1.82) is 0 Å². The number of fused-ring (bicyclic) bond motifs is 3. The van der Waals surface area contributed by atoms with Crippen LogP contribution in [0.3, 0.4) is 0 Å². The Balaban J connectivity index is 1.72. The summed E-state index contributed by atoms with van der Waals surface area (Å²) in [6.07, 6.45) is 5.92. The van der Waals surface area contributed by atoms with Crippen LogP contribution >= 0.6 is 0 Å². The Hall–Kier alpha value is -2.93. The fourth-order valence-electron chi connectivity index (χ4n) is 3.79. The van der Waals surface area contributed by atoms with Gasteiger partial charge in [-0.05, 0) is 39.0 Å². The minimum absolute atomic E-state index is 0.000341. The predicted octanol–water partition coefficient (Wildman–Crippen LogP) is 3.25. The molecule has 0 aromatic carbocycles. The maximum Gasteiger partial charge on any atom is 0.249 e. The van der Waals surface area contributed by atoms with Crippen LogP contribution < -0.4 is 0 Å². The van der Waals surface area contributed by atoms with Crippen LogP contribution in [0.25, 0.3) is 11.3 Å².